The molecule has 2 saturated carbocycles. The number of thiophene rings is 1. The highest BCUT2D eigenvalue weighted by molar-refractivity contribution is 7.12. The monoisotopic (exact) mass is 558 g/mol. The Morgan fingerprint density at radius 3 is 2.38 bits per heavy atom. The predicted octanol–water partition coefficient (Wildman–Crippen LogP) is 5.74. The molecule has 2 aromatic carbocycles. The lowest BCUT2D eigenvalue weighted by atomic mass is 9.50. The lowest BCUT2D eigenvalue weighted by Crippen LogP contribution is -2.57. The zero-order valence-corrected chi connectivity index (χ0v) is 23.9. The van der Waals surface area contributed by atoms with E-state index in [2.05, 4.69) is 36.5 Å². The van der Waals surface area contributed by atoms with Crippen LogP contribution in [0.4, 0.5) is 5.69 Å². The Bertz CT molecular complexity index is 1490. The molecule has 2 N–H and O–H groups in total. The van der Waals surface area contributed by atoms with Gasteiger partial charge in [0.25, 0.3) is 5.91 Å². The maximum Gasteiger partial charge on any atom is 0.306 e. The van der Waals surface area contributed by atoms with Gasteiger partial charge in [-0.3, -0.25) is 14.4 Å². The molecular formula is C32H34N2O5S. The van der Waals surface area contributed by atoms with Crippen molar-refractivity contribution in [2.24, 2.45) is 11.3 Å². The van der Waals surface area contributed by atoms with Crippen molar-refractivity contribution in [2.75, 3.05) is 18.6 Å². The van der Waals surface area contributed by atoms with E-state index < -0.39 is 5.97 Å². The number of hydrogen-bond acceptors (Lipinski definition) is 5. The fraction of sp³-hybridized carbons (Fsp3) is 0.406. The number of ether oxygens (including phenoxy) is 1. The smallest absolute Gasteiger partial charge is 0.306 e. The van der Waals surface area contributed by atoms with Gasteiger partial charge in [-0.2, -0.15) is 0 Å². The van der Waals surface area contributed by atoms with Crippen LogP contribution in [0, 0.1) is 25.2 Å². The number of benzene rings is 2. The fourth-order valence-electron chi connectivity index (χ4n) is 6.71. The minimum atomic E-state index is -0.698. The molecule has 208 valence electrons. The van der Waals surface area contributed by atoms with Gasteiger partial charge in [0.2, 0.25) is 5.91 Å². The summed E-state index contributed by atoms with van der Waals surface area (Å²) in [5.41, 5.74) is 5.97. The molecule has 1 aromatic heterocycles. The molecule has 3 fully saturated rings. The number of carboxylic acid groups (broad SMARTS) is 1. The number of carbonyl (C=O) groups is 3. The van der Waals surface area contributed by atoms with Gasteiger partial charge >= 0.3 is 5.97 Å². The molecule has 3 aliphatic rings. The fourth-order valence-corrected chi connectivity index (χ4v) is 7.78. The molecule has 8 heteroatoms. The first kappa shape index (κ1) is 26.6. The second-order valence-corrected chi connectivity index (χ2v) is 13.1. The molecule has 7 nitrogen and oxygen atoms in total. The summed E-state index contributed by atoms with van der Waals surface area (Å²) >= 11 is 1.66. The number of carboxylic acids is 1. The number of hydrogen-bond donors (Lipinski definition) is 2. The van der Waals surface area contributed by atoms with Crippen LogP contribution < -0.4 is 15.0 Å². The Morgan fingerprint density at radius 1 is 1.05 bits per heavy atom. The topological polar surface area (TPSA) is 95.9 Å². The third-order valence-corrected chi connectivity index (χ3v) is 10.0. The Balaban J connectivity index is 1.15. The predicted molar refractivity (Wildman–Crippen MR) is 155 cm³/mol. The lowest BCUT2D eigenvalue weighted by Gasteiger charge is -2.56. The number of aryl methyl sites for hydroxylation is 2. The van der Waals surface area contributed by atoms with Crippen LogP contribution in [-0.2, 0) is 16.0 Å². The third kappa shape index (κ3) is 4.79. The lowest BCUT2D eigenvalue weighted by molar-refractivity contribution is -0.155. The summed E-state index contributed by atoms with van der Waals surface area (Å²) in [5.74, 6) is -0.0919. The number of aliphatic carboxylic acids is 1. The number of amides is 2. The van der Waals surface area contributed by atoms with Crippen molar-refractivity contribution in [3.05, 3.63) is 68.9 Å². The van der Waals surface area contributed by atoms with Crippen molar-refractivity contribution < 1.29 is 24.2 Å². The van der Waals surface area contributed by atoms with E-state index in [0.29, 0.717) is 18.6 Å². The number of carbonyl (C=O) groups excluding carboxylic acids is 2. The molecule has 2 heterocycles. The molecule has 2 aliphatic carbocycles. The first-order chi connectivity index (χ1) is 19.1. The molecular weight excluding hydrogens is 524 g/mol. The van der Waals surface area contributed by atoms with E-state index in [1.807, 2.05) is 25.1 Å². The number of rotatable bonds is 8. The molecule has 0 bridgehead atoms. The molecule has 1 aliphatic heterocycles. The van der Waals surface area contributed by atoms with Crippen molar-refractivity contribution in [1.82, 2.24) is 5.32 Å². The second-order valence-electron chi connectivity index (χ2n) is 11.7. The van der Waals surface area contributed by atoms with Crippen LogP contribution in [0.5, 0.6) is 5.75 Å². The number of nitrogens with one attached hydrogen (secondary N) is 1. The average Bonchev–Trinajstić information content (AvgIpc) is 3.15. The zero-order valence-electron chi connectivity index (χ0n) is 23.1. The Hall–Kier alpha value is -3.65. The number of anilines is 1. The summed E-state index contributed by atoms with van der Waals surface area (Å²) in [6.07, 6.45) is 4.47. The summed E-state index contributed by atoms with van der Waals surface area (Å²) < 4.78 is 5.50. The van der Waals surface area contributed by atoms with E-state index in [0.717, 1.165) is 75.5 Å². The van der Waals surface area contributed by atoms with Gasteiger partial charge in [0.15, 0.2) is 0 Å². The average molecular weight is 559 g/mol. The Morgan fingerprint density at radius 2 is 1.77 bits per heavy atom. The van der Waals surface area contributed by atoms with Crippen molar-refractivity contribution in [3.8, 4) is 16.9 Å². The third-order valence-electron chi connectivity index (χ3n) is 8.97. The van der Waals surface area contributed by atoms with Gasteiger partial charge in [0.1, 0.15) is 5.75 Å². The van der Waals surface area contributed by atoms with Gasteiger partial charge in [-0.25, -0.2) is 0 Å². The largest absolute Gasteiger partial charge is 0.497 e. The van der Waals surface area contributed by atoms with E-state index in [4.69, 9.17) is 4.74 Å². The second kappa shape index (κ2) is 10.1. The van der Waals surface area contributed by atoms with E-state index in [-0.39, 0.29) is 29.2 Å². The van der Waals surface area contributed by atoms with Crippen LogP contribution >= 0.6 is 11.3 Å². The van der Waals surface area contributed by atoms with Crippen molar-refractivity contribution in [2.45, 2.75) is 58.4 Å². The van der Waals surface area contributed by atoms with E-state index in [1.54, 1.807) is 23.3 Å². The minimum Gasteiger partial charge on any atom is -0.497 e. The summed E-state index contributed by atoms with van der Waals surface area (Å²) in [7, 11) is 1.63. The van der Waals surface area contributed by atoms with Gasteiger partial charge in [-0.05, 0) is 85.8 Å². The number of nitrogens with zero attached hydrogens (tertiary/aromatic N) is 1. The van der Waals surface area contributed by atoms with E-state index in [9.17, 15) is 19.5 Å². The van der Waals surface area contributed by atoms with Gasteiger partial charge in [0, 0.05) is 40.5 Å². The minimum absolute atomic E-state index is 0.0214. The Labute approximate surface area is 238 Å². The number of methoxy groups -OCH3 is 1. The maximum absolute atomic E-state index is 13.4. The van der Waals surface area contributed by atoms with Gasteiger partial charge in [-0.1, -0.05) is 24.3 Å². The number of β-lactam (4-membered cyclic amide) rings is 1. The molecule has 0 radical (unpaired) electrons. The van der Waals surface area contributed by atoms with Crippen LogP contribution in [0.25, 0.3) is 11.1 Å². The van der Waals surface area contributed by atoms with Crippen molar-refractivity contribution in [3.63, 3.8) is 0 Å². The summed E-state index contributed by atoms with van der Waals surface area (Å²) in [6, 6.07) is 14.4. The Kier molecular flexibility index (Phi) is 6.69. The van der Waals surface area contributed by atoms with Crippen LogP contribution in [0.3, 0.4) is 0 Å². The highest BCUT2D eigenvalue weighted by Crippen LogP contribution is 2.58. The van der Waals surface area contributed by atoms with E-state index >= 15 is 0 Å². The summed E-state index contributed by atoms with van der Waals surface area (Å²) in [4.78, 5) is 40.5. The zero-order chi connectivity index (χ0) is 28.2. The first-order valence-electron chi connectivity index (χ1n) is 13.9. The van der Waals surface area contributed by atoms with Crippen molar-refractivity contribution >= 4 is 34.8 Å². The highest BCUT2D eigenvalue weighted by atomic mass is 32.1. The molecule has 1 spiro atoms. The van der Waals surface area contributed by atoms with Crippen LogP contribution in [0.15, 0.2) is 42.5 Å². The van der Waals surface area contributed by atoms with Crippen LogP contribution in [0.1, 0.15) is 63.3 Å². The standard InChI is InChI=1S/C32H34N2O5S/c1-18-27(29(19(2)40-18)30(36)33-24-16-32(17-24)14-23(15-32)31(37)38)10-20-4-6-21(7-5-20)22-11-25(13-26(12-22)39-3)34-9-8-28(34)35/h4-7,11-13,23-24H,8-10,14-17H2,1-3H3,(H,33,36)(H,37,38). The molecule has 1 saturated heterocycles. The molecule has 0 atom stereocenters. The molecule has 40 heavy (non-hydrogen) atoms. The summed E-state index contributed by atoms with van der Waals surface area (Å²) in [6.45, 7) is 4.81. The quantitative estimate of drug-likeness (QED) is 0.344. The molecule has 2 amide bonds. The molecule has 3 aromatic rings. The van der Waals surface area contributed by atoms with E-state index in [1.165, 1.54) is 0 Å². The summed E-state index contributed by atoms with van der Waals surface area (Å²) in [5, 5.41) is 12.4. The first-order valence-corrected chi connectivity index (χ1v) is 14.7. The molecule has 6 rings (SSSR count). The highest BCUT2D eigenvalue weighted by Gasteiger charge is 2.55. The maximum atomic E-state index is 13.4. The van der Waals surface area contributed by atoms with Crippen LogP contribution in [-0.4, -0.2) is 42.6 Å². The van der Waals surface area contributed by atoms with Gasteiger partial charge < -0.3 is 20.1 Å². The van der Waals surface area contributed by atoms with Crippen molar-refractivity contribution in [1.29, 1.82) is 0 Å². The van der Waals surface area contributed by atoms with Gasteiger partial charge in [-0.15, -0.1) is 11.3 Å². The SMILES string of the molecule is COc1cc(-c2ccc(Cc3c(C)sc(C)c3C(=O)NC3CC4(C3)CC(C(=O)O)C4)cc2)cc(N2CCC2=O)c1. The van der Waals surface area contributed by atoms with Crippen LogP contribution in [0.2, 0.25) is 0 Å². The normalized spacial score (nSPS) is 23.3. The molecule has 0 unspecified atom stereocenters. The van der Waals surface area contributed by atoms with Gasteiger partial charge in [0.05, 0.1) is 18.6 Å².